The zero-order valence-electron chi connectivity index (χ0n) is 8.07. The van der Waals surface area contributed by atoms with Gasteiger partial charge in [-0.15, -0.1) is 0 Å². The zero-order valence-corrected chi connectivity index (χ0v) is 8.07. The van der Waals surface area contributed by atoms with Crippen LogP contribution in [0.2, 0.25) is 0 Å². The van der Waals surface area contributed by atoms with E-state index in [1.165, 1.54) is 12.1 Å². The summed E-state index contributed by atoms with van der Waals surface area (Å²) in [6.07, 6.45) is 1.40. The van der Waals surface area contributed by atoms with Gasteiger partial charge in [0.25, 0.3) is 0 Å². The third-order valence-electron chi connectivity index (χ3n) is 2.24. The van der Waals surface area contributed by atoms with Crippen molar-refractivity contribution in [3.8, 4) is 0 Å². The van der Waals surface area contributed by atoms with Crippen LogP contribution in [0, 0.1) is 12.7 Å². The first-order valence-electron chi connectivity index (χ1n) is 4.43. The lowest BCUT2D eigenvalue weighted by Gasteiger charge is -1.95. The summed E-state index contributed by atoms with van der Waals surface area (Å²) in [5.41, 5.74) is 1.63. The lowest BCUT2D eigenvalue weighted by Crippen LogP contribution is -2.02. The fraction of sp³-hybridized carbons (Fsp3) is 0.200. The van der Waals surface area contributed by atoms with E-state index in [1.54, 1.807) is 17.5 Å². The van der Waals surface area contributed by atoms with E-state index in [1.807, 2.05) is 0 Å². The molecule has 0 bridgehead atoms. The number of hydrogen-bond donors (Lipinski definition) is 1. The maximum absolute atomic E-state index is 12.9. The molecule has 4 nitrogen and oxygen atoms in total. The van der Waals surface area contributed by atoms with Crippen LogP contribution in [0.25, 0.3) is 5.65 Å². The second-order valence-electron chi connectivity index (χ2n) is 3.29. The number of aliphatic carboxylic acids is 1. The molecule has 2 aromatic rings. The van der Waals surface area contributed by atoms with Crippen molar-refractivity contribution in [3.05, 3.63) is 35.5 Å². The van der Waals surface area contributed by atoms with Crippen LogP contribution < -0.4 is 0 Å². The zero-order chi connectivity index (χ0) is 11.0. The third-order valence-corrected chi connectivity index (χ3v) is 2.24. The van der Waals surface area contributed by atoms with Gasteiger partial charge in [-0.1, -0.05) is 0 Å². The molecule has 0 aliphatic rings. The van der Waals surface area contributed by atoms with Gasteiger partial charge in [-0.05, 0) is 13.0 Å². The molecule has 0 amide bonds. The summed E-state index contributed by atoms with van der Waals surface area (Å²) in [5.74, 6) is -1.32. The molecule has 0 aliphatic heterocycles. The number of fused-ring (bicyclic) bond motifs is 1. The maximum atomic E-state index is 12.9. The molecule has 0 aliphatic carbocycles. The molecule has 0 unspecified atom stereocenters. The molecule has 15 heavy (non-hydrogen) atoms. The van der Waals surface area contributed by atoms with Crippen LogP contribution in [0.4, 0.5) is 4.39 Å². The molecule has 78 valence electrons. The maximum Gasteiger partial charge on any atom is 0.309 e. The van der Waals surface area contributed by atoms with E-state index in [0.29, 0.717) is 11.3 Å². The third kappa shape index (κ3) is 1.68. The van der Waals surface area contributed by atoms with Crippen LogP contribution in [0.1, 0.15) is 11.4 Å². The van der Waals surface area contributed by atoms with Crippen LogP contribution in [0.5, 0.6) is 0 Å². The van der Waals surface area contributed by atoms with Crippen molar-refractivity contribution in [1.82, 2.24) is 9.38 Å². The molecule has 5 heteroatoms. The van der Waals surface area contributed by atoms with Gasteiger partial charge in [-0.2, -0.15) is 0 Å². The van der Waals surface area contributed by atoms with E-state index < -0.39 is 5.97 Å². The largest absolute Gasteiger partial charge is 0.481 e. The number of aromatic nitrogens is 2. The molecule has 2 rings (SSSR count). The fourth-order valence-corrected chi connectivity index (χ4v) is 1.50. The highest BCUT2D eigenvalue weighted by molar-refractivity contribution is 5.70. The molecule has 2 heterocycles. The number of aryl methyl sites for hydroxylation is 1. The molecule has 0 aromatic carbocycles. The number of carboxylic acid groups (broad SMARTS) is 1. The van der Waals surface area contributed by atoms with Crippen LogP contribution in [0.3, 0.4) is 0 Å². The lowest BCUT2D eigenvalue weighted by atomic mass is 10.2. The SMILES string of the molecule is Cc1c(CC(=O)O)nc2cc(F)ccn12. The minimum absolute atomic E-state index is 0.144. The summed E-state index contributed by atoms with van der Waals surface area (Å²) in [7, 11) is 0. The summed E-state index contributed by atoms with van der Waals surface area (Å²) < 4.78 is 14.5. The van der Waals surface area contributed by atoms with Gasteiger partial charge < -0.3 is 9.51 Å². The summed E-state index contributed by atoms with van der Waals surface area (Å²) in [4.78, 5) is 14.6. The fourth-order valence-electron chi connectivity index (χ4n) is 1.50. The number of pyridine rings is 1. The minimum Gasteiger partial charge on any atom is -0.481 e. The number of halogens is 1. The Morgan fingerprint density at radius 2 is 2.40 bits per heavy atom. The second-order valence-corrected chi connectivity index (χ2v) is 3.29. The summed E-state index contributed by atoms with van der Waals surface area (Å²) >= 11 is 0. The van der Waals surface area contributed by atoms with Crippen molar-refractivity contribution in [3.63, 3.8) is 0 Å². The number of carboxylic acids is 1. The summed E-state index contributed by atoms with van der Waals surface area (Å²) in [6.45, 7) is 1.76. The average molecular weight is 208 g/mol. The van der Waals surface area contributed by atoms with Gasteiger partial charge in [0.05, 0.1) is 12.1 Å². The Morgan fingerprint density at radius 3 is 3.07 bits per heavy atom. The van der Waals surface area contributed by atoms with Crippen molar-refractivity contribution in [2.75, 3.05) is 0 Å². The van der Waals surface area contributed by atoms with Crippen molar-refractivity contribution in [1.29, 1.82) is 0 Å². The van der Waals surface area contributed by atoms with Crippen molar-refractivity contribution in [2.45, 2.75) is 13.3 Å². The Morgan fingerprint density at radius 1 is 1.67 bits per heavy atom. The van der Waals surface area contributed by atoms with Gasteiger partial charge in [0.1, 0.15) is 11.5 Å². The molecular formula is C10H9FN2O2. The first-order chi connectivity index (χ1) is 7.08. The lowest BCUT2D eigenvalue weighted by molar-refractivity contribution is -0.136. The van der Waals surface area contributed by atoms with Crippen molar-refractivity contribution in [2.24, 2.45) is 0 Å². The Labute approximate surface area is 85.0 Å². The molecule has 0 saturated carbocycles. The molecule has 0 saturated heterocycles. The van der Waals surface area contributed by atoms with Gasteiger partial charge >= 0.3 is 5.97 Å². The smallest absolute Gasteiger partial charge is 0.309 e. The highest BCUT2D eigenvalue weighted by atomic mass is 19.1. The van der Waals surface area contributed by atoms with Crippen molar-refractivity contribution >= 4 is 11.6 Å². The van der Waals surface area contributed by atoms with Crippen LogP contribution >= 0.6 is 0 Å². The Kier molecular flexibility index (Phi) is 2.15. The van der Waals surface area contributed by atoms with E-state index >= 15 is 0 Å². The van der Waals surface area contributed by atoms with Crippen LogP contribution in [-0.4, -0.2) is 20.5 Å². The topological polar surface area (TPSA) is 54.6 Å². The van der Waals surface area contributed by atoms with Gasteiger partial charge in [-0.3, -0.25) is 4.79 Å². The highest BCUT2D eigenvalue weighted by Gasteiger charge is 2.11. The molecule has 0 spiro atoms. The number of rotatable bonds is 2. The van der Waals surface area contributed by atoms with E-state index in [4.69, 9.17) is 5.11 Å². The van der Waals surface area contributed by atoms with E-state index in [-0.39, 0.29) is 12.2 Å². The Balaban J connectivity index is 2.58. The van der Waals surface area contributed by atoms with Crippen LogP contribution in [-0.2, 0) is 11.2 Å². The standard InChI is InChI=1S/C10H9FN2O2/c1-6-8(5-10(14)15)12-9-4-7(11)2-3-13(6)9/h2-4H,5H2,1H3,(H,14,15). The van der Waals surface area contributed by atoms with Gasteiger partial charge in [0, 0.05) is 18.0 Å². The molecule has 0 fully saturated rings. The second kappa shape index (κ2) is 3.34. The average Bonchev–Trinajstić information content (AvgIpc) is 2.42. The first-order valence-corrected chi connectivity index (χ1v) is 4.43. The number of hydrogen-bond acceptors (Lipinski definition) is 2. The Hall–Kier alpha value is -1.91. The predicted molar refractivity (Wildman–Crippen MR) is 51.2 cm³/mol. The monoisotopic (exact) mass is 208 g/mol. The predicted octanol–water partition coefficient (Wildman–Crippen LogP) is 1.41. The number of nitrogens with zero attached hydrogens (tertiary/aromatic N) is 2. The van der Waals surface area contributed by atoms with E-state index in [0.717, 1.165) is 5.69 Å². The van der Waals surface area contributed by atoms with Gasteiger partial charge in [0.2, 0.25) is 0 Å². The van der Waals surface area contributed by atoms with E-state index in [2.05, 4.69) is 4.98 Å². The summed E-state index contributed by atoms with van der Waals surface area (Å²) in [5, 5.41) is 8.65. The number of carbonyl (C=O) groups is 1. The van der Waals surface area contributed by atoms with E-state index in [9.17, 15) is 9.18 Å². The van der Waals surface area contributed by atoms with Gasteiger partial charge in [-0.25, -0.2) is 9.37 Å². The molecule has 0 atom stereocenters. The molecule has 0 radical (unpaired) electrons. The minimum atomic E-state index is -0.943. The Bertz CT molecular complexity index is 533. The quantitative estimate of drug-likeness (QED) is 0.811. The normalized spacial score (nSPS) is 10.8. The summed E-state index contributed by atoms with van der Waals surface area (Å²) in [6, 6.07) is 2.59. The highest BCUT2D eigenvalue weighted by Crippen LogP contribution is 2.13. The molecule has 2 aromatic heterocycles. The molecular weight excluding hydrogens is 199 g/mol. The molecule has 1 N–H and O–H groups in total. The number of imidazole rings is 1. The van der Waals surface area contributed by atoms with Crippen LogP contribution in [0.15, 0.2) is 18.3 Å². The van der Waals surface area contributed by atoms with Gasteiger partial charge in [0.15, 0.2) is 0 Å². The first kappa shape index (κ1) is 9.64. The van der Waals surface area contributed by atoms with Crippen molar-refractivity contribution < 1.29 is 14.3 Å².